The summed E-state index contributed by atoms with van der Waals surface area (Å²) in [7, 11) is 3.70. The third-order valence-electron chi connectivity index (χ3n) is 6.65. The van der Waals surface area contributed by atoms with Crippen molar-refractivity contribution in [3.63, 3.8) is 0 Å². The van der Waals surface area contributed by atoms with Crippen molar-refractivity contribution in [2.75, 3.05) is 51.8 Å². The lowest BCUT2D eigenvalue weighted by atomic mass is 9.96. The number of ether oxygens (including phenoxy) is 2. The summed E-state index contributed by atoms with van der Waals surface area (Å²) >= 11 is 1.28. The molecule has 0 unspecified atom stereocenters. The van der Waals surface area contributed by atoms with Crippen LogP contribution in [-0.4, -0.2) is 62.4 Å². The van der Waals surface area contributed by atoms with Crippen molar-refractivity contribution in [3.8, 4) is 5.75 Å². The Morgan fingerprint density at radius 3 is 2.57 bits per heavy atom. The number of hydrogen-bond donors (Lipinski definition) is 0. The molecule has 0 spiro atoms. The van der Waals surface area contributed by atoms with Gasteiger partial charge in [0.15, 0.2) is 10.7 Å². The van der Waals surface area contributed by atoms with Crippen LogP contribution in [0.3, 0.4) is 0 Å². The summed E-state index contributed by atoms with van der Waals surface area (Å²) < 4.78 is 18.8. The molecule has 5 rings (SSSR count). The highest BCUT2D eigenvalue weighted by atomic mass is 32.1. The van der Waals surface area contributed by atoms with Gasteiger partial charge in [-0.2, -0.15) is 0 Å². The molecule has 2 aliphatic rings. The number of carbonyl (C=O) groups excluding carboxylic acids is 1. The van der Waals surface area contributed by atoms with Crippen LogP contribution in [0.25, 0.3) is 6.08 Å². The number of carbonyl (C=O) groups is 1. The third kappa shape index (κ3) is 4.86. The van der Waals surface area contributed by atoms with Gasteiger partial charge in [0.05, 0.1) is 35.6 Å². The highest BCUT2D eigenvalue weighted by Crippen LogP contribution is 2.31. The molecule has 10 heteroatoms. The van der Waals surface area contributed by atoms with Crippen molar-refractivity contribution in [2.24, 2.45) is 4.99 Å². The predicted octanol–water partition coefficient (Wildman–Crippen LogP) is 2.15. The molecular formula is C27H30N4O5S. The number of methoxy groups -OCH3 is 1. The zero-order valence-corrected chi connectivity index (χ0v) is 22.2. The first-order valence-electron chi connectivity index (χ1n) is 12.3. The van der Waals surface area contributed by atoms with Gasteiger partial charge in [0, 0.05) is 38.3 Å². The van der Waals surface area contributed by atoms with E-state index in [1.54, 1.807) is 31.6 Å². The second kappa shape index (κ2) is 10.4. The number of likely N-dealkylation sites (N-methyl/N-ethyl adjacent to an activating group) is 1. The Morgan fingerprint density at radius 2 is 1.89 bits per heavy atom. The molecule has 194 valence electrons. The summed E-state index contributed by atoms with van der Waals surface area (Å²) in [5, 5.41) is 0. The summed E-state index contributed by atoms with van der Waals surface area (Å²) in [5.74, 6) is 1.59. The van der Waals surface area contributed by atoms with E-state index in [9.17, 15) is 9.59 Å². The average molecular weight is 523 g/mol. The molecule has 0 aliphatic carbocycles. The lowest BCUT2D eigenvalue weighted by molar-refractivity contribution is -0.139. The number of esters is 1. The second-order valence-corrected chi connectivity index (χ2v) is 10.1. The SMILES string of the molecule is CCOC(=O)C1=C(C)N=c2s/c(=C\c3ccc(N4CCN(C)CC4)o3)c(=O)n2[C@H]1c1ccc(OC)cc1. The van der Waals surface area contributed by atoms with E-state index in [4.69, 9.17) is 13.9 Å². The molecule has 2 aliphatic heterocycles. The number of rotatable bonds is 6. The van der Waals surface area contributed by atoms with Crippen LogP contribution in [0.15, 0.2) is 61.9 Å². The largest absolute Gasteiger partial charge is 0.497 e. The van der Waals surface area contributed by atoms with Crippen LogP contribution in [0.1, 0.15) is 31.2 Å². The lowest BCUT2D eigenvalue weighted by Crippen LogP contribution is -2.44. The first kappa shape index (κ1) is 25.0. The van der Waals surface area contributed by atoms with Gasteiger partial charge in [-0.1, -0.05) is 23.5 Å². The Hall–Kier alpha value is -3.63. The van der Waals surface area contributed by atoms with Crippen LogP contribution in [-0.2, 0) is 9.53 Å². The van der Waals surface area contributed by atoms with E-state index in [1.165, 1.54) is 11.3 Å². The molecule has 4 heterocycles. The number of allylic oxidation sites excluding steroid dienone is 1. The minimum absolute atomic E-state index is 0.226. The number of piperazine rings is 1. The number of furan rings is 1. The Balaban J connectivity index is 1.57. The Labute approximate surface area is 218 Å². The fraction of sp³-hybridized carbons (Fsp3) is 0.370. The predicted molar refractivity (Wildman–Crippen MR) is 142 cm³/mol. The van der Waals surface area contributed by atoms with E-state index in [2.05, 4.69) is 21.8 Å². The molecule has 1 atom stereocenters. The van der Waals surface area contributed by atoms with Gasteiger partial charge in [0.25, 0.3) is 5.56 Å². The van der Waals surface area contributed by atoms with Gasteiger partial charge in [-0.25, -0.2) is 9.79 Å². The first-order valence-corrected chi connectivity index (χ1v) is 13.1. The van der Waals surface area contributed by atoms with Gasteiger partial charge in [-0.15, -0.1) is 0 Å². The fourth-order valence-electron chi connectivity index (χ4n) is 4.64. The van der Waals surface area contributed by atoms with Crippen LogP contribution in [0.2, 0.25) is 0 Å². The number of fused-ring (bicyclic) bond motifs is 1. The number of aromatic nitrogens is 1. The molecule has 3 aromatic rings. The van der Waals surface area contributed by atoms with Crippen LogP contribution >= 0.6 is 11.3 Å². The van der Waals surface area contributed by atoms with Gasteiger partial charge in [0.1, 0.15) is 11.5 Å². The lowest BCUT2D eigenvalue weighted by Gasteiger charge is -2.32. The normalized spacial score (nSPS) is 18.5. The Kier molecular flexibility index (Phi) is 7.03. The van der Waals surface area contributed by atoms with Crippen LogP contribution in [0.4, 0.5) is 5.88 Å². The number of thiazole rings is 1. The zero-order chi connectivity index (χ0) is 26.1. The molecule has 0 radical (unpaired) electrons. The number of anilines is 1. The van der Waals surface area contributed by atoms with Crippen molar-refractivity contribution < 1.29 is 18.7 Å². The van der Waals surface area contributed by atoms with Gasteiger partial charge in [-0.3, -0.25) is 9.36 Å². The van der Waals surface area contributed by atoms with E-state index in [-0.39, 0.29) is 12.2 Å². The van der Waals surface area contributed by atoms with E-state index in [0.29, 0.717) is 32.1 Å². The van der Waals surface area contributed by atoms with Crippen molar-refractivity contribution >= 4 is 29.3 Å². The van der Waals surface area contributed by atoms with Gasteiger partial charge >= 0.3 is 5.97 Å². The maximum absolute atomic E-state index is 13.7. The van der Waals surface area contributed by atoms with Gasteiger partial charge < -0.3 is 23.7 Å². The molecule has 0 bridgehead atoms. The number of hydrogen-bond acceptors (Lipinski definition) is 9. The average Bonchev–Trinajstić information content (AvgIpc) is 3.48. The molecular weight excluding hydrogens is 492 g/mol. The van der Waals surface area contributed by atoms with Crippen molar-refractivity contribution in [1.29, 1.82) is 0 Å². The minimum atomic E-state index is -0.666. The molecule has 1 saturated heterocycles. The van der Waals surface area contributed by atoms with E-state index < -0.39 is 12.0 Å². The molecule has 0 saturated carbocycles. The first-order chi connectivity index (χ1) is 17.9. The van der Waals surface area contributed by atoms with Crippen LogP contribution < -0.4 is 24.5 Å². The monoisotopic (exact) mass is 522 g/mol. The van der Waals surface area contributed by atoms with Crippen LogP contribution in [0, 0.1) is 0 Å². The molecule has 0 amide bonds. The summed E-state index contributed by atoms with van der Waals surface area (Å²) in [6.07, 6.45) is 1.75. The van der Waals surface area contributed by atoms with Crippen molar-refractivity contribution in [1.82, 2.24) is 9.47 Å². The summed E-state index contributed by atoms with van der Waals surface area (Å²) in [5.41, 5.74) is 1.40. The maximum atomic E-state index is 13.7. The maximum Gasteiger partial charge on any atom is 0.338 e. The third-order valence-corrected chi connectivity index (χ3v) is 7.63. The molecule has 1 fully saturated rings. The Morgan fingerprint density at radius 1 is 1.16 bits per heavy atom. The zero-order valence-electron chi connectivity index (χ0n) is 21.4. The summed E-state index contributed by atoms with van der Waals surface area (Å²) in [6, 6.07) is 10.5. The highest BCUT2D eigenvalue weighted by Gasteiger charge is 2.33. The van der Waals surface area contributed by atoms with E-state index in [1.807, 2.05) is 36.4 Å². The molecule has 1 aromatic carbocycles. The quantitative estimate of drug-likeness (QED) is 0.459. The van der Waals surface area contributed by atoms with Crippen molar-refractivity contribution in [3.05, 3.63) is 78.7 Å². The smallest absolute Gasteiger partial charge is 0.338 e. The minimum Gasteiger partial charge on any atom is -0.497 e. The molecule has 37 heavy (non-hydrogen) atoms. The van der Waals surface area contributed by atoms with Crippen molar-refractivity contribution in [2.45, 2.75) is 19.9 Å². The molecule has 9 nitrogen and oxygen atoms in total. The second-order valence-electron chi connectivity index (χ2n) is 9.04. The fourth-order valence-corrected chi connectivity index (χ4v) is 5.67. The van der Waals surface area contributed by atoms with Gasteiger partial charge in [0.2, 0.25) is 0 Å². The molecule has 2 aromatic heterocycles. The Bertz CT molecular complexity index is 1510. The highest BCUT2D eigenvalue weighted by molar-refractivity contribution is 7.07. The number of nitrogens with zero attached hydrogens (tertiary/aromatic N) is 4. The van der Waals surface area contributed by atoms with E-state index >= 15 is 0 Å². The summed E-state index contributed by atoms with van der Waals surface area (Å²) in [6.45, 7) is 7.49. The summed E-state index contributed by atoms with van der Waals surface area (Å²) in [4.78, 5) is 36.4. The standard InChI is InChI=1S/C27H30N4O5S/c1-5-35-26(33)23-17(2)28-27-31(24(23)18-6-8-19(34-4)9-7-18)25(32)21(37-27)16-20-10-11-22(36-20)30-14-12-29(3)13-15-30/h6-11,16,24H,5,12-15H2,1-4H3/b21-16-/t24-/m0/s1. The van der Waals surface area contributed by atoms with Crippen LogP contribution in [0.5, 0.6) is 5.75 Å². The molecule has 0 N–H and O–H groups in total. The van der Waals surface area contributed by atoms with E-state index in [0.717, 1.165) is 37.6 Å². The van der Waals surface area contributed by atoms with Gasteiger partial charge in [-0.05, 0) is 44.7 Å². The number of benzene rings is 1. The topological polar surface area (TPSA) is 89.5 Å².